The molecule has 3 nitrogen and oxygen atoms in total. The molecule has 21 heavy (non-hydrogen) atoms. The molecular formula is C17H26IN3. The van der Waals surface area contributed by atoms with Crippen LogP contribution in [0.4, 0.5) is 0 Å². The molecule has 0 amide bonds. The molecule has 0 spiro atoms. The number of rotatable bonds is 5. The first-order chi connectivity index (χ1) is 9.73. The van der Waals surface area contributed by atoms with Gasteiger partial charge >= 0.3 is 0 Å². The molecule has 0 unspecified atom stereocenters. The van der Waals surface area contributed by atoms with Crippen molar-refractivity contribution in [3.8, 4) is 0 Å². The van der Waals surface area contributed by atoms with Gasteiger partial charge in [0, 0.05) is 25.6 Å². The van der Waals surface area contributed by atoms with Crippen molar-refractivity contribution in [2.75, 3.05) is 20.1 Å². The fourth-order valence-corrected chi connectivity index (χ4v) is 2.90. The van der Waals surface area contributed by atoms with Crippen LogP contribution in [0.25, 0.3) is 0 Å². The quantitative estimate of drug-likeness (QED) is 0.453. The Bertz CT molecular complexity index is 505. The topological polar surface area (TPSA) is 36.4 Å². The predicted molar refractivity (Wildman–Crippen MR) is 99.6 cm³/mol. The molecule has 0 bridgehead atoms. The van der Waals surface area contributed by atoms with Gasteiger partial charge in [0.2, 0.25) is 0 Å². The van der Waals surface area contributed by atoms with Gasteiger partial charge in [-0.05, 0) is 49.7 Å². The second-order valence-electron chi connectivity index (χ2n) is 6.35. The zero-order valence-corrected chi connectivity index (χ0v) is 15.3. The zero-order chi connectivity index (χ0) is 14.0. The number of hydrogen-bond donors (Lipinski definition) is 2. The van der Waals surface area contributed by atoms with Crippen LogP contribution in [-0.4, -0.2) is 26.1 Å². The largest absolute Gasteiger partial charge is 0.356 e. The van der Waals surface area contributed by atoms with Gasteiger partial charge in [-0.3, -0.25) is 4.99 Å². The molecule has 116 valence electrons. The minimum absolute atomic E-state index is 0. The number of aliphatic imine (C=N–C) groups is 1. The Morgan fingerprint density at radius 3 is 2.52 bits per heavy atom. The van der Waals surface area contributed by atoms with E-state index in [1.165, 1.54) is 36.8 Å². The van der Waals surface area contributed by atoms with Gasteiger partial charge in [0.1, 0.15) is 0 Å². The van der Waals surface area contributed by atoms with Crippen LogP contribution in [0.5, 0.6) is 0 Å². The van der Waals surface area contributed by atoms with Gasteiger partial charge in [-0.2, -0.15) is 0 Å². The number of benzene rings is 1. The molecule has 0 aromatic heterocycles. The molecule has 2 aliphatic rings. The maximum absolute atomic E-state index is 4.33. The molecule has 0 radical (unpaired) electrons. The minimum atomic E-state index is 0. The molecule has 2 N–H and O–H groups in total. The Balaban J connectivity index is 0.00000161. The maximum atomic E-state index is 4.33. The van der Waals surface area contributed by atoms with Gasteiger partial charge < -0.3 is 10.6 Å². The van der Waals surface area contributed by atoms with Gasteiger partial charge in [-0.25, -0.2) is 0 Å². The molecule has 0 heterocycles. The highest BCUT2D eigenvalue weighted by molar-refractivity contribution is 14.0. The summed E-state index contributed by atoms with van der Waals surface area (Å²) >= 11 is 0. The van der Waals surface area contributed by atoms with E-state index in [1.807, 2.05) is 7.05 Å². The van der Waals surface area contributed by atoms with E-state index in [0.717, 1.165) is 25.0 Å². The maximum Gasteiger partial charge on any atom is 0.191 e. The monoisotopic (exact) mass is 399 g/mol. The number of halogens is 1. The molecular weight excluding hydrogens is 373 g/mol. The molecule has 2 fully saturated rings. The van der Waals surface area contributed by atoms with E-state index in [1.54, 1.807) is 0 Å². The van der Waals surface area contributed by atoms with Gasteiger partial charge in [-0.15, -0.1) is 24.0 Å². The van der Waals surface area contributed by atoms with Crippen LogP contribution in [0.1, 0.15) is 36.8 Å². The lowest BCUT2D eigenvalue weighted by Crippen LogP contribution is -2.42. The summed E-state index contributed by atoms with van der Waals surface area (Å²) in [6, 6.07) is 8.78. The lowest BCUT2D eigenvalue weighted by molar-refractivity contribution is 0.637. The summed E-state index contributed by atoms with van der Waals surface area (Å²) in [4.78, 5) is 4.33. The Morgan fingerprint density at radius 2 is 1.95 bits per heavy atom. The number of guanidine groups is 1. The first-order valence-electron chi connectivity index (χ1n) is 7.74. The summed E-state index contributed by atoms with van der Waals surface area (Å²) in [7, 11) is 1.86. The molecule has 3 rings (SSSR count). The standard InChI is InChI=1S/C17H25N3.HI/c1-13-5-3-4-6-15(13)17(9-10-17)12-20-16(18-2)19-11-14-7-8-14;/h3-6,14H,7-12H2,1-2H3,(H2,18,19,20);1H. The first-order valence-corrected chi connectivity index (χ1v) is 7.74. The SMILES string of the molecule is CN=C(NCC1CC1)NCC1(c2ccccc2C)CC1.I. The van der Waals surface area contributed by atoms with Crippen molar-refractivity contribution in [3.05, 3.63) is 35.4 Å². The Hall–Kier alpha value is -0.780. The lowest BCUT2D eigenvalue weighted by atomic mass is 9.92. The number of aryl methyl sites for hydroxylation is 1. The van der Waals surface area contributed by atoms with E-state index >= 15 is 0 Å². The number of nitrogens with zero attached hydrogens (tertiary/aromatic N) is 1. The van der Waals surface area contributed by atoms with Crippen molar-refractivity contribution in [3.63, 3.8) is 0 Å². The number of hydrogen-bond acceptors (Lipinski definition) is 1. The van der Waals surface area contributed by atoms with Crippen molar-refractivity contribution in [1.82, 2.24) is 10.6 Å². The van der Waals surface area contributed by atoms with Crippen LogP contribution in [0.15, 0.2) is 29.3 Å². The highest BCUT2D eigenvalue weighted by atomic mass is 127. The van der Waals surface area contributed by atoms with Crippen molar-refractivity contribution >= 4 is 29.9 Å². The average Bonchev–Trinajstić information content (AvgIpc) is 3.35. The zero-order valence-electron chi connectivity index (χ0n) is 13.0. The third-order valence-corrected chi connectivity index (χ3v) is 4.64. The second-order valence-corrected chi connectivity index (χ2v) is 6.35. The summed E-state index contributed by atoms with van der Waals surface area (Å²) in [5, 5.41) is 6.96. The van der Waals surface area contributed by atoms with Crippen molar-refractivity contribution in [2.45, 2.75) is 38.0 Å². The van der Waals surface area contributed by atoms with E-state index in [4.69, 9.17) is 0 Å². The molecule has 0 saturated heterocycles. The predicted octanol–water partition coefficient (Wildman–Crippen LogP) is 3.22. The molecule has 1 aromatic carbocycles. The Kier molecular flexibility index (Phi) is 5.52. The van der Waals surface area contributed by atoms with E-state index in [0.29, 0.717) is 5.41 Å². The highest BCUT2D eigenvalue weighted by Crippen LogP contribution is 2.48. The third kappa shape index (κ3) is 4.11. The highest BCUT2D eigenvalue weighted by Gasteiger charge is 2.44. The summed E-state index contributed by atoms with van der Waals surface area (Å²) in [6.45, 7) is 4.27. The molecule has 1 aromatic rings. The van der Waals surface area contributed by atoms with E-state index in [9.17, 15) is 0 Å². The smallest absolute Gasteiger partial charge is 0.191 e. The Morgan fingerprint density at radius 1 is 1.24 bits per heavy atom. The van der Waals surface area contributed by atoms with Crippen molar-refractivity contribution in [2.24, 2.45) is 10.9 Å². The summed E-state index contributed by atoms with van der Waals surface area (Å²) in [6.07, 6.45) is 5.31. The normalized spacial score (nSPS) is 19.6. The molecule has 2 saturated carbocycles. The van der Waals surface area contributed by atoms with E-state index in [-0.39, 0.29) is 24.0 Å². The summed E-state index contributed by atoms with van der Waals surface area (Å²) in [5.74, 6) is 1.83. The van der Waals surface area contributed by atoms with Crippen LogP contribution in [0.3, 0.4) is 0 Å². The van der Waals surface area contributed by atoms with Gasteiger partial charge in [0.25, 0.3) is 0 Å². The van der Waals surface area contributed by atoms with Crippen LogP contribution < -0.4 is 10.6 Å². The van der Waals surface area contributed by atoms with Gasteiger partial charge in [0.05, 0.1) is 0 Å². The third-order valence-electron chi connectivity index (χ3n) is 4.64. The van der Waals surface area contributed by atoms with Crippen LogP contribution >= 0.6 is 24.0 Å². The second kappa shape index (κ2) is 6.99. The van der Waals surface area contributed by atoms with Gasteiger partial charge in [-0.1, -0.05) is 24.3 Å². The lowest BCUT2D eigenvalue weighted by Gasteiger charge is -2.20. The first kappa shape index (κ1) is 16.6. The Labute approximate surface area is 145 Å². The van der Waals surface area contributed by atoms with Crippen molar-refractivity contribution < 1.29 is 0 Å². The number of nitrogens with one attached hydrogen (secondary N) is 2. The van der Waals surface area contributed by atoms with E-state index in [2.05, 4.69) is 46.8 Å². The average molecular weight is 399 g/mol. The molecule has 4 heteroatoms. The molecule has 0 atom stereocenters. The molecule has 0 aliphatic heterocycles. The van der Waals surface area contributed by atoms with Crippen molar-refractivity contribution in [1.29, 1.82) is 0 Å². The fraction of sp³-hybridized carbons (Fsp3) is 0.588. The van der Waals surface area contributed by atoms with E-state index < -0.39 is 0 Å². The van der Waals surface area contributed by atoms with Crippen LogP contribution in [0, 0.1) is 12.8 Å². The van der Waals surface area contributed by atoms with Crippen LogP contribution in [-0.2, 0) is 5.41 Å². The fourth-order valence-electron chi connectivity index (χ4n) is 2.90. The van der Waals surface area contributed by atoms with Gasteiger partial charge in [0.15, 0.2) is 5.96 Å². The van der Waals surface area contributed by atoms with Crippen LogP contribution in [0.2, 0.25) is 0 Å². The molecule has 2 aliphatic carbocycles. The minimum Gasteiger partial charge on any atom is -0.356 e. The summed E-state index contributed by atoms with van der Waals surface area (Å²) in [5.41, 5.74) is 3.25. The summed E-state index contributed by atoms with van der Waals surface area (Å²) < 4.78 is 0.